The number of hydroxylamine groups is 1. The molecule has 1 heterocycles. The summed E-state index contributed by atoms with van der Waals surface area (Å²) in [6, 6.07) is 10.3. The molecule has 1 aliphatic heterocycles. The highest BCUT2D eigenvalue weighted by Gasteiger charge is 2.26. The number of nitrogens with one attached hydrogen (secondary N) is 1. The fourth-order valence-corrected chi connectivity index (χ4v) is 2.93. The van der Waals surface area contributed by atoms with Gasteiger partial charge in [0, 0.05) is 17.7 Å². The van der Waals surface area contributed by atoms with E-state index in [-0.39, 0.29) is 56.5 Å². The Bertz CT molecular complexity index is 862. The molecule has 0 saturated heterocycles. The molecule has 0 fully saturated rings. The molecule has 1 aliphatic rings. The zero-order valence-electron chi connectivity index (χ0n) is 15.9. The van der Waals surface area contributed by atoms with Crippen LogP contribution in [0.25, 0.3) is 0 Å². The zero-order chi connectivity index (χ0) is 20.1. The third-order valence-electron chi connectivity index (χ3n) is 4.50. The summed E-state index contributed by atoms with van der Waals surface area (Å²) in [4.78, 5) is 25.9. The van der Waals surface area contributed by atoms with E-state index in [1.807, 2.05) is 6.92 Å². The number of amides is 2. The molecule has 9 heteroatoms. The normalized spacial score (nSPS) is 15.3. The lowest BCUT2D eigenvalue weighted by Gasteiger charge is -2.26. The number of halogens is 1. The second kappa shape index (κ2) is 10.1. The molecule has 0 bridgehead atoms. The molecule has 0 aromatic heterocycles. The second-order valence-electron chi connectivity index (χ2n) is 6.50. The third kappa shape index (κ3) is 5.61. The number of fused-ring (bicyclic) bond motifs is 1. The van der Waals surface area contributed by atoms with E-state index in [9.17, 15) is 14.0 Å². The van der Waals surface area contributed by atoms with Crippen molar-refractivity contribution in [1.82, 2.24) is 10.4 Å². The molecule has 156 valence electrons. The monoisotopic (exact) mass is 422 g/mol. The van der Waals surface area contributed by atoms with Gasteiger partial charge in [0.05, 0.1) is 19.1 Å². The molecule has 2 aromatic carbocycles. The molecule has 2 aromatic rings. The predicted molar refractivity (Wildman–Crippen MR) is 108 cm³/mol. The summed E-state index contributed by atoms with van der Waals surface area (Å²) in [5.74, 6) is -0.0646. The van der Waals surface area contributed by atoms with Crippen LogP contribution in [-0.2, 0) is 11.3 Å². The topological polar surface area (TPSA) is 88.1 Å². The summed E-state index contributed by atoms with van der Waals surface area (Å²) in [5.41, 5.74) is 2.62. The maximum atomic E-state index is 12.9. The van der Waals surface area contributed by atoms with Crippen LogP contribution in [0.15, 0.2) is 42.5 Å². The summed E-state index contributed by atoms with van der Waals surface area (Å²) < 4.78 is 24.1. The van der Waals surface area contributed by atoms with Gasteiger partial charge in [-0.05, 0) is 43.3 Å². The Morgan fingerprint density at radius 3 is 2.69 bits per heavy atom. The number of benzene rings is 2. The first kappa shape index (κ1) is 22.5. The van der Waals surface area contributed by atoms with Crippen LogP contribution in [0.4, 0.5) is 4.39 Å². The van der Waals surface area contributed by atoms with E-state index in [1.54, 1.807) is 28.6 Å². The Morgan fingerprint density at radius 2 is 2.00 bits per heavy atom. The number of hydrogen-bond acceptors (Lipinski definition) is 5. The van der Waals surface area contributed by atoms with Gasteiger partial charge in [-0.3, -0.25) is 14.8 Å². The van der Waals surface area contributed by atoms with Gasteiger partial charge < -0.3 is 14.4 Å². The van der Waals surface area contributed by atoms with Gasteiger partial charge in [0.25, 0.3) is 5.91 Å². The van der Waals surface area contributed by atoms with Gasteiger partial charge in [-0.15, -0.1) is 0 Å². The van der Waals surface area contributed by atoms with Crippen molar-refractivity contribution in [1.29, 1.82) is 0 Å². The summed E-state index contributed by atoms with van der Waals surface area (Å²) >= 11 is 0. The number of carbonyl (C=O) groups excluding carboxylic acids is 2. The van der Waals surface area contributed by atoms with E-state index in [4.69, 9.17) is 14.7 Å². The van der Waals surface area contributed by atoms with Gasteiger partial charge in [-0.2, -0.15) is 13.5 Å². The molecular weight excluding hydrogens is 399 g/mol. The standard InChI is InChI=1S/C20H21FN2O5.H2S/c1-13-12-28-18-10-14(20(25)22-26)2-3-15(18)11-23(13)19(24)8-9-27-17-6-4-16(21)5-7-17;/h2-7,10,13,26H,8-9,11-12H2,1H3,(H,22,25);1H2/t13-;/m0./s1. The maximum Gasteiger partial charge on any atom is 0.274 e. The molecule has 3 rings (SSSR count). The highest BCUT2D eigenvalue weighted by atomic mass is 32.1. The Morgan fingerprint density at radius 1 is 1.28 bits per heavy atom. The SMILES string of the molecule is C[C@H]1COc2cc(C(=O)NO)ccc2CN1C(=O)CCOc1ccc(F)cc1.S. The number of rotatable bonds is 5. The molecule has 0 spiro atoms. The lowest BCUT2D eigenvalue weighted by Crippen LogP contribution is -2.40. The fraction of sp³-hybridized carbons (Fsp3) is 0.300. The molecule has 0 unspecified atom stereocenters. The lowest BCUT2D eigenvalue weighted by molar-refractivity contribution is -0.134. The van der Waals surface area contributed by atoms with Crippen molar-refractivity contribution in [3.05, 3.63) is 59.4 Å². The number of hydrogen-bond donors (Lipinski definition) is 2. The van der Waals surface area contributed by atoms with Crippen LogP contribution >= 0.6 is 13.5 Å². The van der Waals surface area contributed by atoms with Crippen molar-refractivity contribution in [3.63, 3.8) is 0 Å². The Hall–Kier alpha value is -2.78. The van der Waals surface area contributed by atoms with Gasteiger partial charge in [0.1, 0.15) is 23.9 Å². The average Bonchev–Trinajstić information content (AvgIpc) is 2.87. The van der Waals surface area contributed by atoms with Gasteiger partial charge in [-0.25, -0.2) is 9.87 Å². The maximum absolute atomic E-state index is 12.9. The van der Waals surface area contributed by atoms with Gasteiger partial charge >= 0.3 is 0 Å². The first-order valence-corrected chi connectivity index (χ1v) is 8.86. The summed E-state index contributed by atoms with van der Waals surface area (Å²) in [5, 5.41) is 8.76. The smallest absolute Gasteiger partial charge is 0.274 e. The molecule has 2 N–H and O–H groups in total. The van der Waals surface area contributed by atoms with Crippen molar-refractivity contribution in [2.75, 3.05) is 13.2 Å². The quantitative estimate of drug-likeness (QED) is 0.571. The summed E-state index contributed by atoms with van der Waals surface area (Å²) in [6.07, 6.45) is 0.169. The fourth-order valence-electron chi connectivity index (χ4n) is 2.93. The largest absolute Gasteiger partial charge is 0.493 e. The first-order chi connectivity index (χ1) is 13.5. The zero-order valence-corrected chi connectivity index (χ0v) is 16.9. The second-order valence-corrected chi connectivity index (χ2v) is 6.50. The van der Waals surface area contributed by atoms with Crippen molar-refractivity contribution < 1.29 is 28.7 Å². The Balaban J connectivity index is 0.00000300. The van der Waals surface area contributed by atoms with Crippen LogP contribution in [0, 0.1) is 5.82 Å². The van der Waals surface area contributed by atoms with E-state index >= 15 is 0 Å². The van der Waals surface area contributed by atoms with Crippen molar-refractivity contribution in [2.45, 2.75) is 25.9 Å². The third-order valence-corrected chi connectivity index (χ3v) is 4.50. The van der Waals surface area contributed by atoms with Gasteiger partial charge in [0.2, 0.25) is 5.91 Å². The van der Waals surface area contributed by atoms with E-state index in [0.29, 0.717) is 18.0 Å². The average molecular weight is 422 g/mol. The Labute approximate surface area is 174 Å². The van der Waals surface area contributed by atoms with Crippen LogP contribution in [0.3, 0.4) is 0 Å². The summed E-state index contributed by atoms with van der Waals surface area (Å²) in [7, 11) is 0. The summed E-state index contributed by atoms with van der Waals surface area (Å²) in [6.45, 7) is 2.68. The molecule has 0 saturated carbocycles. The number of nitrogens with zero attached hydrogens (tertiary/aromatic N) is 1. The first-order valence-electron chi connectivity index (χ1n) is 8.86. The highest BCUT2D eigenvalue weighted by molar-refractivity contribution is 7.59. The minimum atomic E-state index is -0.630. The van der Waals surface area contributed by atoms with Crippen LogP contribution in [-0.4, -0.2) is 41.2 Å². The van der Waals surface area contributed by atoms with E-state index in [0.717, 1.165) is 5.56 Å². The minimum Gasteiger partial charge on any atom is -0.493 e. The molecule has 2 amide bonds. The lowest BCUT2D eigenvalue weighted by atomic mass is 10.1. The Kier molecular flexibility index (Phi) is 7.86. The van der Waals surface area contributed by atoms with Crippen molar-refractivity contribution in [2.24, 2.45) is 0 Å². The number of carbonyl (C=O) groups is 2. The van der Waals surface area contributed by atoms with Crippen LogP contribution in [0.5, 0.6) is 11.5 Å². The molecule has 7 nitrogen and oxygen atoms in total. The van der Waals surface area contributed by atoms with Crippen LogP contribution in [0.2, 0.25) is 0 Å². The predicted octanol–water partition coefficient (Wildman–Crippen LogP) is 2.64. The van der Waals surface area contributed by atoms with Crippen molar-refractivity contribution >= 4 is 25.3 Å². The highest BCUT2D eigenvalue weighted by Crippen LogP contribution is 2.27. The molecule has 29 heavy (non-hydrogen) atoms. The molecule has 0 radical (unpaired) electrons. The van der Waals surface area contributed by atoms with Crippen molar-refractivity contribution in [3.8, 4) is 11.5 Å². The van der Waals surface area contributed by atoms with Gasteiger partial charge in [-0.1, -0.05) is 6.07 Å². The molecule has 0 aliphatic carbocycles. The van der Waals surface area contributed by atoms with Crippen LogP contribution in [0.1, 0.15) is 29.3 Å². The van der Waals surface area contributed by atoms with E-state index in [2.05, 4.69) is 0 Å². The van der Waals surface area contributed by atoms with E-state index < -0.39 is 5.91 Å². The molecular formula is C20H23FN2O5S. The van der Waals surface area contributed by atoms with E-state index in [1.165, 1.54) is 24.3 Å². The van der Waals surface area contributed by atoms with Gasteiger partial charge in [0.15, 0.2) is 0 Å². The minimum absolute atomic E-state index is 0. The van der Waals surface area contributed by atoms with Crippen LogP contribution < -0.4 is 15.0 Å². The molecule has 1 atom stereocenters. The number of ether oxygens (including phenoxy) is 2.